The van der Waals surface area contributed by atoms with Gasteiger partial charge in [0.2, 0.25) is 0 Å². The molecule has 1 aliphatic rings. The van der Waals surface area contributed by atoms with Crippen LogP contribution in [0.4, 0.5) is 0 Å². The highest BCUT2D eigenvalue weighted by atomic mass is 127. The van der Waals surface area contributed by atoms with E-state index in [0.29, 0.717) is 0 Å². The summed E-state index contributed by atoms with van der Waals surface area (Å²) in [6.45, 7) is 3.84. The first-order valence-electron chi connectivity index (χ1n) is 3.65. The molecule has 0 saturated carbocycles. The van der Waals surface area contributed by atoms with Crippen LogP contribution in [-0.2, 0) is 0 Å². The van der Waals surface area contributed by atoms with E-state index >= 15 is 0 Å². The van der Waals surface area contributed by atoms with E-state index < -0.39 is 0 Å². The van der Waals surface area contributed by atoms with Crippen LogP contribution in [0.3, 0.4) is 0 Å². The van der Waals surface area contributed by atoms with Crippen LogP contribution in [0.25, 0.3) is 0 Å². The molecule has 0 aromatic rings. The van der Waals surface area contributed by atoms with Gasteiger partial charge in [-0.05, 0) is 13.0 Å². The van der Waals surface area contributed by atoms with Crippen LogP contribution in [0, 0.1) is 0 Å². The van der Waals surface area contributed by atoms with Gasteiger partial charge in [0.25, 0.3) is 0 Å². The molecule has 0 aromatic carbocycles. The molecule has 0 bridgehead atoms. The number of nitrogens with one attached hydrogen (secondary N) is 1. The summed E-state index contributed by atoms with van der Waals surface area (Å²) in [6.07, 6.45) is 4.03. The molecule has 0 fully saturated rings. The number of halogens is 1. The van der Waals surface area contributed by atoms with Crippen molar-refractivity contribution in [2.75, 3.05) is 17.6 Å². The summed E-state index contributed by atoms with van der Waals surface area (Å²) in [6, 6.07) is 0. The molecule has 1 aliphatic heterocycles. The smallest absolute Gasteiger partial charge is 0.198 e. The number of aliphatic imine (C=N–C) groups is 1. The Morgan fingerprint density at radius 3 is 3.27 bits per heavy atom. The van der Waals surface area contributed by atoms with E-state index in [4.69, 9.17) is 0 Å². The van der Waals surface area contributed by atoms with Gasteiger partial charge in [0.1, 0.15) is 0 Å². The van der Waals surface area contributed by atoms with Gasteiger partial charge in [0.15, 0.2) is 5.96 Å². The van der Waals surface area contributed by atoms with Crippen LogP contribution in [0.1, 0.15) is 6.92 Å². The van der Waals surface area contributed by atoms with Gasteiger partial charge in [-0.3, -0.25) is 4.99 Å². The maximum atomic E-state index is 4.31. The minimum absolute atomic E-state index is 0.837. The Hall–Kier alpha value is -0.260. The van der Waals surface area contributed by atoms with Crippen LogP contribution in [-0.4, -0.2) is 28.5 Å². The molecule has 0 aliphatic carbocycles. The maximum absolute atomic E-state index is 4.31. The van der Waals surface area contributed by atoms with Gasteiger partial charge >= 0.3 is 0 Å². The van der Waals surface area contributed by atoms with Crippen molar-refractivity contribution in [2.24, 2.45) is 4.99 Å². The summed E-state index contributed by atoms with van der Waals surface area (Å²) >= 11 is 2.33. The summed E-state index contributed by atoms with van der Waals surface area (Å²) in [5, 5.41) is 3.11. The van der Waals surface area contributed by atoms with Gasteiger partial charge in [0, 0.05) is 19.3 Å². The first kappa shape index (κ1) is 8.83. The number of guanidine groups is 1. The Bertz CT molecular complexity index is 177. The van der Waals surface area contributed by atoms with Gasteiger partial charge in [0.05, 0.1) is 4.55 Å². The van der Waals surface area contributed by atoms with Crippen LogP contribution < -0.4 is 5.32 Å². The van der Waals surface area contributed by atoms with Crippen molar-refractivity contribution in [3.63, 3.8) is 0 Å². The molecule has 0 saturated heterocycles. The van der Waals surface area contributed by atoms with Crippen molar-refractivity contribution >= 4 is 28.6 Å². The maximum Gasteiger partial charge on any atom is 0.198 e. The van der Waals surface area contributed by atoms with Gasteiger partial charge in [-0.15, -0.1) is 0 Å². The predicted octanol–water partition coefficient (Wildman–Crippen LogP) is 1.17. The van der Waals surface area contributed by atoms with E-state index in [1.54, 1.807) is 0 Å². The van der Waals surface area contributed by atoms with Gasteiger partial charge in [-0.1, -0.05) is 22.6 Å². The highest BCUT2D eigenvalue weighted by Gasteiger charge is 2.08. The van der Waals surface area contributed by atoms with E-state index in [-0.39, 0.29) is 0 Å². The fourth-order valence-corrected chi connectivity index (χ4v) is 1.49. The molecular formula is C7H12IN3. The standard InChI is InChI=1S/C7H12IN3/c1-2-9-7-10-4-3-5-11(7)6-8/h3-4H,2,5-6H2,1H3,(H,9,10). The van der Waals surface area contributed by atoms with Gasteiger partial charge in [-0.2, -0.15) is 0 Å². The SMILES string of the molecule is CCN=C1NC=CCN1CI. The van der Waals surface area contributed by atoms with Crippen molar-refractivity contribution in [1.29, 1.82) is 0 Å². The quantitative estimate of drug-likeness (QED) is 0.461. The van der Waals surface area contributed by atoms with Crippen molar-refractivity contribution in [3.8, 4) is 0 Å². The molecule has 0 atom stereocenters. The lowest BCUT2D eigenvalue weighted by Gasteiger charge is -2.25. The number of nitrogens with zero attached hydrogens (tertiary/aromatic N) is 2. The molecule has 0 amide bonds. The van der Waals surface area contributed by atoms with Crippen molar-refractivity contribution in [1.82, 2.24) is 10.2 Å². The minimum atomic E-state index is 0.837. The molecule has 1 N–H and O–H groups in total. The topological polar surface area (TPSA) is 27.6 Å². The van der Waals surface area contributed by atoms with Crippen LogP contribution >= 0.6 is 22.6 Å². The first-order valence-corrected chi connectivity index (χ1v) is 5.18. The summed E-state index contributed by atoms with van der Waals surface area (Å²) < 4.78 is 0.980. The van der Waals surface area contributed by atoms with E-state index in [9.17, 15) is 0 Å². The number of alkyl halides is 1. The molecule has 0 radical (unpaired) electrons. The molecule has 0 aromatic heterocycles. The largest absolute Gasteiger partial charge is 0.333 e. The molecule has 4 heteroatoms. The summed E-state index contributed by atoms with van der Waals surface area (Å²) in [4.78, 5) is 6.50. The summed E-state index contributed by atoms with van der Waals surface area (Å²) in [5.74, 6) is 0.990. The average molecular weight is 265 g/mol. The molecular weight excluding hydrogens is 253 g/mol. The van der Waals surface area contributed by atoms with E-state index in [2.05, 4.69) is 43.9 Å². The molecule has 11 heavy (non-hydrogen) atoms. The third kappa shape index (κ3) is 2.36. The second-order valence-corrected chi connectivity index (χ2v) is 2.87. The third-order valence-electron chi connectivity index (χ3n) is 1.41. The lowest BCUT2D eigenvalue weighted by Crippen LogP contribution is -2.41. The number of hydrogen-bond acceptors (Lipinski definition) is 1. The lowest BCUT2D eigenvalue weighted by atomic mass is 10.5. The fourth-order valence-electron chi connectivity index (χ4n) is 0.892. The molecule has 0 spiro atoms. The Morgan fingerprint density at radius 2 is 2.64 bits per heavy atom. The van der Waals surface area contributed by atoms with Crippen LogP contribution in [0.15, 0.2) is 17.3 Å². The second kappa shape index (κ2) is 4.58. The highest BCUT2D eigenvalue weighted by Crippen LogP contribution is 1.99. The van der Waals surface area contributed by atoms with Crippen molar-refractivity contribution < 1.29 is 0 Å². The number of hydrogen-bond donors (Lipinski definition) is 1. The zero-order chi connectivity index (χ0) is 8.10. The summed E-state index contributed by atoms with van der Waals surface area (Å²) in [5.41, 5.74) is 0. The van der Waals surface area contributed by atoms with Crippen LogP contribution in [0.2, 0.25) is 0 Å². The predicted molar refractivity (Wildman–Crippen MR) is 55.8 cm³/mol. The Labute approximate surface area is 80.7 Å². The number of rotatable bonds is 2. The Balaban J connectivity index is 2.61. The monoisotopic (exact) mass is 265 g/mol. The normalized spacial score (nSPS) is 20.5. The zero-order valence-corrected chi connectivity index (χ0v) is 8.71. The Morgan fingerprint density at radius 1 is 1.82 bits per heavy atom. The lowest BCUT2D eigenvalue weighted by molar-refractivity contribution is 0.522. The first-order chi connectivity index (χ1) is 5.38. The van der Waals surface area contributed by atoms with E-state index in [1.807, 2.05) is 13.1 Å². The molecule has 1 rings (SSSR count). The molecule has 0 unspecified atom stereocenters. The van der Waals surface area contributed by atoms with Gasteiger partial charge in [-0.25, -0.2) is 0 Å². The zero-order valence-electron chi connectivity index (χ0n) is 6.55. The van der Waals surface area contributed by atoms with Gasteiger partial charge < -0.3 is 10.2 Å². The molecule has 1 heterocycles. The van der Waals surface area contributed by atoms with Crippen LogP contribution in [0.5, 0.6) is 0 Å². The minimum Gasteiger partial charge on any atom is -0.333 e. The van der Waals surface area contributed by atoms with E-state index in [1.165, 1.54) is 0 Å². The molecule has 62 valence electrons. The summed E-state index contributed by atoms with van der Waals surface area (Å²) in [7, 11) is 0. The van der Waals surface area contributed by atoms with E-state index in [0.717, 1.165) is 23.6 Å². The average Bonchev–Trinajstić information content (AvgIpc) is 2.06. The van der Waals surface area contributed by atoms with Crippen molar-refractivity contribution in [2.45, 2.75) is 6.92 Å². The fraction of sp³-hybridized carbons (Fsp3) is 0.571. The third-order valence-corrected chi connectivity index (χ3v) is 2.23. The second-order valence-electron chi connectivity index (χ2n) is 2.19. The Kier molecular flexibility index (Phi) is 3.68. The highest BCUT2D eigenvalue weighted by molar-refractivity contribution is 14.1. The van der Waals surface area contributed by atoms with Crippen molar-refractivity contribution in [3.05, 3.63) is 12.3 Å². The molecule has 3 nitrogen and oxygen atoms in total.